The maximum absolute atomic E-state index is 11.8. The lowest BCUT2D eigenvalue weighted by Gasteiger charge is -2.38. The molecular formula is C11H19N3O2. The fourth-order valence-electron chi connectivity index (χ4n) is 2.13. The molecule has 90 valence electrons. The lowest BCUT2D eigenvalue weighted by Crippen LogP contribution is -2.58. The highest BCUT2D eigenvalue weighted by Crippen LogP contribution is 2.39. The summed E-state index contributed by atoms with van der Waals surface area (Å²) in [5.41, 5.74) is 0.299. The predicted octanol–water partition coefficient (Wildman–Crippen LogP) is -0.619. The van der Waals surface area contributed by atoms with Crippen molar-refractivity contribution in [3.05, 3.63) is 0 Å². The van der Waals surface area contributed by atoms with Gasteiger partial charge >= 0.3 is 0 Å². The minimum atomic E-state index is -0.277. The Balaban J connectivity index is 1.73. The smallest absolute Gasteiger partial charge is 0.238 e. The van der Waals surface area contributed by atoms with Gasteiger partial charge in [-0.15, -0.1) is 0 Å². The maximum atomic E-state index is 11.8. The van der Waals surface area contributed by atoms with Crippen LogP contribution in [0.1, 0.15) is 26.2 Å². The first-order valence-corrected chi connectivity index (χ1v) is 5.87. The van der Waals surface area contributed by atoms with Gasteiger partial charge in [0, 0.05) is 13.1 Å². The molecule has 2 amide bonds. The highest BCUT2D eigenvalue weighted by molar-refractivity contribution is 5.86. The Morgan fingerprint density at radius 2 is 2.31 bits per heavy atom. The van der Waals surface area contributed by atoms with E-state index in [1.54, 1.807) is 0 Å². The first-order chi connectivity index (χ1) is 7.59. The van der Waals surface area contributed by atoms with Crippen LogP contribution in [0, 0.1) is 5.41 Å². The van der Waals surface area contributed by atoms with Crippen molar-refractivity contribution in [3.63, 3.8) is 0 Å². The molecule has 0 aromatic rings. The van der Waals surface area contributed by atoms with Crippen LogP contribution in [0.5, 0.6) is 0 Å². The van der Waals surface area contributed by atoms with E-state index in [-0.39, 0.29) is 24.4 Å². The second-order valence-corrected chi connectivity index (χ2v) is 5.12. The number of amides is 2. The molecule has 0 aromatic heterocycles. The zero-order valence-corrected chi connectivity index (χ0v) is 9.64. The quantitative estimate of drug-likeness (QED) is 0.599. The van der Waals surface area contributed by atoms with E-state index < -0.39 is 0 Å². The number of hydrogen-bond acceptors (Lipinski definition) is 3. The average Bonchev–Trinajstić information content (AvgIpc) is 2.24. The summed E-state index contributed by atoms with van der Waals surface area (Å²) in [6.45, 7) is 3.57. The van der Waals surface area contributed by atoms with E-state index in [9.17, 15) is 9.59 Å². The number of rotatable bonds is 3. The Labute approximate surface area is 95.3 Å². The molecule has 1 saturated carbocycles. The second-order valence-electron chi connectivity index (χ2n) is 5.12. The Bertz CT molecular complexity index is 290. The molecule has 1 unspecified atom stereocenters. The van der Waals surface area contributed by atoms with Crippen LogP contribution in [-0.2, 0) is 9.59 Å². The topological polar surface area (TPSA) is 70.2 Å². The van der Waals surface area contributed by atoms with Crippen molar-refractivity contribution < 1.29 is 9.59 Å². The summed E-state index contributed by atoms with van der Waals surface area (Å²) in [6.07, 6.45) is 3.66. The molecule has 1 aliphatic heterocycles. The number of carbonyl (C=O) groups is 2. The molecule has 1 heterocycles. The van der Waals surface area contributed by atoms with Gasteiger partial charge in [-0.25, -0.2) is 0 Å². The number of hydrogen-bond donors (Lipinski definition) is 3. The largest absolute Gasteiger partial charge is 0.354 e. The van der Waals surface area contributed by atoms with Crippen molar-refractivity contribution >= 4 is 11.8 Å². The molecule has 2 rings (SSSR count). The van der Waals surface area contributed by atoms with Gasteiger partial charge in [0.15, 0.2) is 0 Å². The zero-order chi connectivity index (χ0) is 11.6. The number of piperazine rings is 1. The molecular weight excluding hydrogens is 206 g/mol. The van der Waals surface area contributed by atoms with E-state index in [4.69, 9.17) is 0 Å². The molecule has 5 nitrogen and oxygen atoms in total. The van der Waals surface area contributed by atoms with Crippen LogP contribution in [0.3, 0.4) is 0 Å². The highest BCUT2D eigenvalue weighted by Gasteiger charge is 2.33. The van der Waals surface area contributed by atoms with Crippen LogP contribution in [0.2, 0.25) is 0 Å². The van der Waals surface area contributed by atoms with E-state index in [0.29, 0.717) is 12.0 Å². The number of carbonyl (C=O) groups excluding carboxylic acids is 2. The molecule has 1 atom stereocenters. The highest BCUT2D eigenvalue weighted by atomic mass is 16.2. The summed E-state index contributed by atoms with van der Waals surface area (Å²) in [5, 5.41) is 8.55. The molecule has 2 fully saturated rings. The molecule has 5 heteroatoms. The third-order valence-electron chi connectivity index (χ3n) is 3.58. The molecule has 0 radical (unpaired) electrons. The standard InChI is InChI=1S/C11H19N3O2/c1-11(3-2-4-11)7-14-10(16)8-5-13-9(15)6-12-8/h8,12H,2-7H2,1H3,(H,13,15)(H,14,16). The Hall–Kier alpha value is -1.10. The first-order valence-electron chi connectivity index (χ1n) is 5.87. The maximum Gasteiger partial charge on any atom is 0.238 e. The van der Waals surface area contributed by atoms with Gasteiger partial charge in [-0.2, -0.15) is 0 Å². The van der Waals surface area contributed by atoms with Gasteiger partial charge in [0.2, 0.25) is 11.8 Å². The van der Waals surface area contributed by atoms with Crippen molar-refractivity contribution in [2.75, 3.05) is 19.6 Å². The molecule has 0 spiro atoms. The summed E-state index contributed by atoms with van der Waals surface area (Å²) >= 11 is 0. The van der Waals surface area contributed by atoms with Crippen molar-refractivity contribution in [2.45, 2.75) is 32.2 Å². The molecule has 1 aliphatic carbocycles. The van der Waals surface area contributed by atoms with Crippen LogP contribution >= 0.6 is 0 Å². The van der Waals surface area contributed by atoms with Crippen LogP contribution in [-0.4, -0.2) is 37.5 Å². The molecule has 3 N–H and O–H groups in total. The third kappa shape index (κ3) is 2.52. The van der Waals surface area contributed by atoms with Crippen molar-refractivity contribution in [1.29, 1.82) is 0 Å². The van der Waals surface area contributed by atoms with Gasteiger partial charge < -0.3 is 10.6 Å². The lowest BCUT2D eigenvalue weighted by molar-refractivity contribution is -0.127. The fourth-order valence-corrected chi connectivity index (χ4v) is 2.13. The van der Waals surface area contributed by atoms with E-state index in [0.717, 1.165) is 6.54 Å². The van der Waals surface area contributed by atoms with Crippen molar-refractivity contribution in [3.8, 4) is 0 Å². The van der Waals surface area contributed by atoms with Crippen molar-refractivity contribution in [1.82, 2.24) is 16.0 Å². The third-order valence-corrected chi connectivity index (χ3v) is 3.58. The summed E-state index contributed by atoms with van der Waals surface area (Å²) in [4.78, 5) is 22.7. The van der Waals surface area contributed by atoms with Gasteiger partial charge in [-0.3, -0.25) is 14.9 Å². The Morgan fingerprint density at radius 1 is 1.56 bits per heavy atom. The lowest BCUT2D eigenvalue weighted by atomic mass is 9.70. The summed E-state index contributed by atoms with van der Waals surface area (Å²) in [7, 11) is 0. The van der Waals surface area contributed by atoms with Crippen LogP contribution in [0.15, 0.2) is 0 Å². The van der Waals surface area contributed by atoms with Crippen LogP contribution in [0.25, 0.3) is 0 Å². The second kappa shape index (κ2) is 4.41. The van der Waals surface area contributed by atoms with Gasteiger partial charge in [-0.1, -0.05) is 13.3 Å². The normalized spacial score (nSPS) is 27.8. The van der Waals surface area contributed by atoms with Crippen LogP contribution < -0.4 is 16.0 Å². The minimum Gasteiger partial charge on any atom is -0.354 e. The molecule has 2 aliphatic rings. The first kappa shape index (κ1) is 11.4. The number of nitrogens with one attached hydrogen (secondary N) is 3. The molecule has 1 saturated heterocycles. The van der Waals surface area contributed by atoms with Gasteiger partial charge in [0.1, 0.15) is 6.04 Å². The molecule has 16 heavy (non-hydrogen) atoms. The fraction of sp³-hybridized carbons (Fsp3) is 0.818. The molecule has 0 bridgehead atoms. The molecule has 0 aromatic carbocycles. The Kier molecular flexibility index (Phi) is 3.14. The SMILES string of the molecule is CC1(CNC(=O)C2CNC(=O)CN2)CCC1. The van der Waals surface area contributed by atoms with Gasteiger partial charge in [0.25, 0.3) is 0 Å². The Morgan fingerprint density at radius 3 is 2.81 bits per heavy atom. The predicted molar refractivity (Wildman–Crippen MR) is 59.8 cm³/mol. The zero-order valence-electron chi connectivity index (χ0n) is 9.64. The van der Waals surface area contributed by atoms with E-state index in [2.05, 4.69) is 22.9 Å². The van der Waals surface area contributed by atoms with Crippen molar-refractivity contribution in [2.24, 2.45) is 5.41 Å². The summed E-state index contributed by atoms with van der Waals surface area (Å²) < 4.78 is 0. The average molecular weight is 225 g/mol. The summed E-state index contributed by atoms with van der Waals surface area (Å²) in [5.74, 6) is -0.0527. The van der Waals surface area contributed by atoms with Crippen LogP contribution in [0.4, 0.5) is 0 Å². The van der Waals surface area contributed by atoms with E-state index >= 15 is 0 Å². The monoisotopic (exact) mass is 225 g/mol. The minimum absolute atomic E-state index is 0.00637. The van der Waals surface area contributed by atoms with E-state index in [1.165, 1.54) is 19.3 Å². The van der Waals surface area contributed by atoms with Gasteiger partial charge in [0.05, 0.1) is 6.54 Å². The summed E-state index contributed by atoms with van der Waals surface area (Å²) in [6, 6.07) is -0.277. The van der Waals surface area contributed by atoms with E-state index in [1.807, 2.05) is 0 Å². The van der Waals surface area contributed by atoms with Gasteiger partial charge in [-0.05, 0) is 18.3 Å².